The molecule has 0 aliphatic carbocycles. The van der Waals surface area contributed by atoms with E-state index in [1.54, 1.807) is 38.7 Å². The summed E-state index contributed by atoms with van der Waals surface area (Å²) in [6.45, 7) is 5.99. The summed E-state index contributed by atoms with van der Waals surface area (Å²) < 4.78 is 48.5. The molecule has 2 aromatic heterocycles. The summed E-state index contributed by atoms with van der Waals surface area (Å²) in [5, 5.41) is 2.62. The summed E-state index contributed by atoms with van der Waals surface area (Å²) in [7, 11) is 1.78. The molecule has 9 nitrogen and oxygen atoms in total. The van der Waals surface area contributed by atoms with Gasteiger partial charge in [0.25, 0.3) is 0 Å². The zero-order chi connectivity index (χ0) is 22.1. The number of ether oxygens (including phenoxy) is 2. The Morgan fingerprint density at radius 2 is 1.90 bits per heavy atom. The fourth-order valence-electron chi connectivity index (χ4n) is 3.18. The summed E-state index contributed by atoms with van der Waals surface area (Å²) in [5.41, 5.74) is 0.480. The second-order valence-corrected chi connectivity index (χ2v) is 8.10. The van der Waals surface area contributed by atoms with Crippen LogP contribution < -0.4 is 10.2 Å². The SMILES string of the molecule is Cn1cnc2c(N3CCC(OC(F)(F)F)CC3)nc(CNC(=O)OC(C)(C)C)nc21. The van der Waals surface area contributed by atoms with Crippen LogP contribution in [-0.2, 0) is 23.1 Å². The minimum atomic E-state index is -4.64. The maximum absolute atomic E-state index is 12.5. The van der Waals surface area contributed by atoms with E-state index in [-0.39, 0.29) is 19.4 Å². The second-order valence-electron chi connectivity index (χ2n) is 8.10. The third-order valence-corrected chi connectivity index (χ3v) is 4.42. The van der Waals surface area contributed by atoms with Crippen molar-refractivity contribution in [3.63, 3.8) is 0 Å². The van der Waals surface area contributed by atoms with Gasteiger partial charge in [-0.2, -0.15) is 0 Å². The van der Waals surface area contributed by atoms with Crippen LogP contribution in [-0.4, -0.2) is 56.8 Å². The Bertz CT molecular complexity index is 901. The molecule has 0 spiro atoms. The smallest absolute Gasteiger partial charge is 0.444 e. The number of amides is 1. The monoisotopic (exact) mass is 430 g/mol. The third-order valence-electron chi connectivity index (χ3n) is 4.42. The molecule has 3 heterocycles. The average molecular weight is 430 g/mol. The van der Waals surface area contributed by atoms with E-state index in [0.717, 1.165) is 0 Å². The Balaban J connectivity index is 1.75. The Hall–Kier alpha value is -2.63. The van der Waals surface area contributed by atoms with Crippen molar-refractivity contribution >= 4 is 23.1 Å². The molecular formula is C18H25F3N6O3. The Morgan fingerprint density at radius 1 is 1.23 bits per heavy atom. The van der Waals surface area contributed by atoms with Crippen LogP contribution in [0.3, 0.4) is 0 Å². The highest BCUT2D eigenvalue weighted by molar-refractivity contribution is 5.83. The number of rotatable bonds is 4. The van der Waals surface area contributed by atoms with Crippen LogP contribution in [0.5, 0.6) is 0 Å². The van der Waals surface area contributed by atoms with Crippen molar-refractivity contribution in [3.05, 3.63) is 12.2 Å². The van der Waals surface area contributed by atoms with Crippen LogP contribution >= 0.6 is 0 Å². The van der Waals surface area contributed by atoms with Crippen molar-refractivity contribution < 1.29 is 27.4 Å². The summed E-state index contributed by atoms with van der Waals surface area (Å²) in [4.78, 5) is 27.1. The number of hydrogen-bond acceptors (Lipinski definition) is 7. The number of carbonyl (C=O) groups is 1. The van der Waals surface area contributed by atoms with Gasteiger partial charge in [0.15, 0.2) is 22.8 Å². The lowest BCUT2D eigenvalue weighted by atomic mass is 10.1. The van der Waals surface area contributed by atoms with Crippen LogP contribution in [0.2, 0.25) is 0 Å². The van der Waals surface area contributed by atoms with Crippen molar-refractivity contribution in [1.82, 2.24) is 24.8 Å². The number of nitrogens with zero attached hydrogens (tertiary/aromatic N) is 5. The van der Waals surface area contributed by atoms with Crippen LogP contribution in [0.1, 0.15) is 39.4 Å². The molecule has 0 saturated carbocycles. The Morgan fingerprint density at radius 3 is 2.50 bits per heavy atom. The Labute approximate surface area is 171 Å². The van der Waals surface area contributed by atoms with Gasteiger partial charge in [0, 0.05) is 20.1 Å². The molecule has 166 valence electrons. The number of hydrogen-bond donors (Lipinski definition) is 1. The molecular weight excluding hydrogens is 405 g/mol. The van der Waals surface area contributed by atoms with Gasteiger partial charge in [-0.05, 0) is 33.6 Å². The van der Waals surface area contributed by atoms with Gasteiger partial charge in [0.05, 0.1) is 19.0 Å². The molecule has 1 saturated heterocycles. The number of aryl methyl sites for hydroxylation is 1. The molecule has 1 N–H and O–H groups in total. The number of fused-ring (bicyclic) bond motifs is 1. The zero-order valence-corrected chi connectivity index (χ0v) is 17.3. The molecule has 30 heavy (non-hydrogen) atoms. The molecule has 0 bridgehead atoms. The normalized spacial score (nSPS) is 16.2. The van der Waals surface area contributed by atoms with E-state index in [2.05, 4.69) is 25.0 Å². The van der Waals surface area contributed by atoms with Gasteiger partial charge in [0.2, 0.25) is 0 Å². The highest BCUT2D eigenvalue weighted by atomic mass is 19.4. The first kappa shape index (κ1) is 22.1. The first-order valence-electron chi connectivity index (χ1n) is 9.55. The number of aromatic nitrogens is 4. The van der Waals surface area contributed by atoms with E-state index in [9.17, 15) is 18.0 Å². The molecule has 0 aromatic carbocycles. The number of alkyl carbamates (subject to hydrolysis) is 1. The maximum Gasteiger partial charge on any atom is 0.522 e. The number of piperidine rings is 1. The van der Waals surface area contributed by atoms with E-state index in [1.807, 2.05) is 4.90 Å². The fraction of sp³-hybridized carbons (Fsp3) is 0.667. The van der Waals surface area contributed by atoms with E-state index in [4.69, 9.17) is 4.74 Å². The van der Waals surface area contributed by atoms with Gasteiger partial charge in [-0.15, -0.1) is 13.2 Å². The lowest BCUT2D eigenvalue weighted by Crippen LogP contribution is -2.40. The number of alkyl halides is 3. The predicted octanol–water partition coefficient (Wildman–Crippen LogP) is 2.89. The van der Waals surface area contributed by atoms with E-state index in [1.165, 1.54) is 0 Å². The molecule has 1 amide bonds. The van der Waals surface area contributed by atoms with E-state index in [0.29, 0.717) is 35.9 Å². The first-order valence-corrected chi connectivity index (χ1v) is 9.55. The predicted molar refractivity (Wildman–Crippen MR) is 102 cm³/mol. The maximum atomic E-state index is 12.5. The van der Waals surface area contributed by atoms with Gasteiger partial charge in [-0.3, -0.25) is 4.74 Å². The largest absolute Gasteiger partial charge is 0.522 e. The Kier molecular flexibility index (Phi) is 6.06. The average Bonchev–Trinajstić information content (AvgIpc) is 2.98. The van der Waals surface area contributed by atoms with Crippen molar-refractivity contribution in [3.8, 4) is 0 Å². The summed E-state index contributed by atoms with van der Waals surface area (Å²) in [6, 6.07) is 0. The second kappa shape index (κ2) is 8.25. The van der Waals surface area contributed by atoms with E-state index >= 15 is 0 Å². The van der Waals surface area contributed by atoms with E-state index < -0.39 is 24.2 Å². The fourth-order valence-corrected chi connectivity index (χ4v) is 3.18. The zero-order valence-electron chi connectivity index (χ0n) is 17.3. The van der Waals surface area contributed by atoms with Crippen molar-refractivity contribution in [2.75, 3.05) is 18.0 Å². The van der Waals surface area contributed by atoms with Gasteiger partial charge in [-0.1, -0.05) is 0 Å². The molecule has 12 heteroatoms. The van der Waals surface area contributed by atoms with Crippen LogP contribution in [0.25, 0.3) is 11.2 Å². The molecule has 1 fully saturated rings. The minimum absolute atomic E-state index is 0.0384. The standard InChI is InChI=1S/C18H25F3N6O3/c1-17(2,3)30-16(28)22-9-12-24-14-13(23-10-26(14)4)15(25-12)27-7-5-11(6-8-27)29-18(19,20)21/h10-11H,5-9H2,1-4H3,(H,22,28). The first-order chi connectivity index (χ1) is 13.9. The molecule has 2 aromatic rings. The van der Waals surface area contributed by atoms with Crippen molar-refractivity contribution in [2.45, 2.75) is 58.2 Å². The minimum Gasteiger partial charge on any atom is -0.444 e. The number of anilines is 1. The highest BCUT2D eigenvalue weighted by Gasteiger charge is 2.35. The van der Waals surface area contributed by atoms with Crippen LogP contribution in [0.15, 0.2) is 6.33 Å². The third kappa shape index (κ3) is 5.71. The lowest BCUT2D eigenvalue weighted by molar-refractivity contribution is -0.344. The van der Waals surface area contributed by atoms with Crippen molar-refractivity contribution in [2.24, 2.45) is 7.05 Å². The molecule has 0 unspecified atom stereocenters. The quantitative estimate of drug-likeness (QED) is 0.797. The van der Waals surface area contributed by atoms with Crippen LogP contribution in [0.4, 0.5) is 23.8 Å². The molecule has 0 atom stereocenters. The lowest BCUT2D eigenvalue weighted by Gasteiger charge is -2.33. The number of carbonyl (C=O) groups excluding carboxylic acids is 1. The van der Waals surface area contributed by atoms with Gasteiger partial charge in [0.1, 0.15) is 5.60 Å². The molecule has 3 rings (SSSR count). The molecule has 0 radical (unpaired) electrons. The van der Waals surface area contributed by atoms with Gasteiger partial charge >= 0.3 is 12.5 Å². The van der Waals surface area contributed by atoms with Gasteiger partial charge < -0.3 is 19.5 Å². The number of imidazole rings is 1. The number of nitrogens with one attached hydrogen (secondary N) is 1. The molecule has 1 aliphatic heterocycles. The topological polar surface area (TPSA) is 94.4 Å². The van der Waals surface area contributed by atoms with Crippen molar-refractivity contribution in [1.29, 1.82) is 0 Å². The summed E-state index contributed by atoms with van der Waals surface area (Å²) in [5.74, 6) is 0.868. The highest BCUT2D eigenvalue weighted by Crippen LogP contribution is 2.29. The molecule has 1 aliphatic rings. The summed E-state index contributed by atoms with van der Waals surface area (Å²) >= 11 is 0. The van der Waals surface area contributed by atoms with Crippen LogP contribution in [0, 0.1) is 0 Å². The number of halogens is 3. The van der Waals surface area contributed by atoms with Gasteiger partial charge in [-0.25, -0.2) is 19.7 Å². The summed E-state index contributed by atoms with van der Waals surface area (Å²) in [6.07, 6.45) is -4.10.